The summed E-state index contributed by atoms with van der Waals surface area (Å²) >= 11 is 0. The van der Waals surface area contributed by atoms with Gasteiger partial charge in [-0.25, -0.2) is 9.59 Å². The van der Waals surface area contributed by atoms with Gasteiger partial charge in [0.05, 0.1) is 43.5 Å². The summed E-state index contributed by atoms with van der Waals surface area (Å²) in [6.45, 7) is 1.82. The number of nitriles is 1. The lowest BCUT2D eigenvalue weighted by Gasteiger charge is -2.36. The maximum Gasteiger partial charge on any atom is 0.355 e. The fourth-order valence-corrected chi connectivity index (χ4v) is 4.20. The van der Waals surface area contributed by atoms with Gasteiger partial charge in [-0.1, -0.05) is 30.3 Å². The third kappa shape index (κ3) is 4.73. The van der Waals surface area contributed by atoms with Gasteiger partial charge < -0.3 is 19.9 Å². The zero-order valence-electron chi connectivity index (χ0n) is 20.5. The summed E-state index contributed by atoms with van der Waals surface area (Å²) in [5.41, 5.74) is 8.17. The van der Waals surface area contributed by atoms with Crippen LogP contribution in [0.5, 0.6) is 11.5 Å². The van der Waals surface area contributed by atoms with Crippen molar-refractivity contribution < 1.29 is 23.8 Å². The van der Waals surface area contributed by atoms with Crippen molar-refractivity contribution in [3.8, 4) is 17.6 Å². The van der Waals surface area contributed by atoms with Gasteiger partial charge in [-0.05, 0) is 48.4 Å². The maximum atomic E-state index is 13.2. The van der Waals surface area contributed by atoms with Crippen molar-refractivity contribution in [2.24, 2.45) is 5.73 Å². The fourth-order valence-electron chi connectivity index (χ4n) is 4.20. The van der Waals surface area contributed by atoms with E-state index in [-0.39, 0.29) is 22.7 Å². The van der Waals surface area contributed by atoms with Crippen molar-refractivity contribution in [1.29, 1.82) is 5.26 Å². The number of aromatic nitrogens is 1. The van der Waals surface area contributed by atoms with Crippen LogP contribution in [0.1, 0.15) is 17.0 Å². The molecule has 0 spiro atoms. The minimum atomic E-state index is -0.932. The van der Waals surface area contributed by atoms with E-state index in [4.69, 9.17) is 19.9 Å². The predicted octanol–water partition coefficient (Wildman–Crippen LogP) is 4.08. The number of allylic oxidation sites excluding steroid dienone is 1. The van der Waals surface area contributed by atoms with E-state index in [1.807, 2.05) is 6.92 Å². The number of esters is 2. The number of nitrogens with two attached hydrogens (primary N) is 1. The molecule has 9 nitrogen and oxygen atoms in total. The van der Waals surface area contributed by atoms with Gasteiger partial charge in [0.25, 0.3) is 0 Å². The fraction of sp³-hybridized carbons (Fsp3) is 0.143. The molecule has 2 heterocycles. The molecule has 1 aliphatic heterocycles. The van der Waals surface area contributed by atoms with Gasteiger partial charge in [0.1, 0.15) is 23.0 Å². The van der Waals surface area contributed by atoms with Crippen molar-refractivity contribution in [3.63, 3.8) is 0 Å². The average molecular weight is 497 g/mol. The van der Waals surface area contributed by atoms with Gasteiger partial charge in [-0.15, -0.1) is 0 Å². The first kappa shape index (κ1) is 25.0. The van der Waals surface area contributed by atoms with Crippen LogP contribution < -0.4 is 15.4 Å². The van der Waals surface area contributed by atoms with E-state index in [1.165, 1.54) is 19.1 Å². The van der Waals surface area contributed by atoms with E-state index >= 15 is 0 Å². The van der Waals surface area contributed by atoms with Gasteiger partial charge in [0.2, 0.25) is 0 Å². The molecule has 3 aromatic rings. The second-order valence-corrected chi connectivity index (χ2v) is 8.08. The van der Waals surface area contributed by atoms with Gasteiger partial charge in [-0.2, -0.15) is 5.26 Å². The largest absolute Gasteiger partial charge is 0.466 e. The Morgan fingerprint density at radius 1 is 1.03 bits per heavy atom. The molecule has 1 aromatic heterocycles. The number of ether oxygens (including phenoxy) is 3. The first-order chi connectivity index (χ1) is 17.9. The highest BCUT2D eigenvalue weighted by atomic mass is 16.5. The van der Waals surface area contributed by atoms with Crippen LogP contribution in [0, 0.1) is 18.3 Å². The third-order valence-corrected chi connectivity index (χ3v) is 5.89. The van der Waals surface area contributed by atoms with E-state index in [0.29, 0.717) is 28.3 Å². The Morgan fingerprint density at radius 2 is 1.76 bits per heavy atom. The van der Waals surface area contributed by atoms with Gasteiger partial charge in [0, 0.05) is 11.9 Å². The normalized spacial score (nSPS) is 15.2. The van der Waals surface area contributed by atoms with Crippen LogP contribution in [-0.2, 0) is 19.1 Å². The molecule has 0 radical (unpaired) electrons. The Kier molecular flexibility index (Phi) is 7.21. The molecule has 1 aliphatic rings. The first-order valence-electron chi connectivity index (χ1n) is 11.2. The molecule has 186 valence electrons. The molecule has 1 unspecified atom stereocenters. The number of methoxy groups -OCH3 is 2. The number of nitrogens with zero attached hydrogens (tertiary/aromatic N) is 3. The van der Waals surface area contributed by atoms with E-state index < -0.39 is 17.9 Å². The molecule has 9 heteroatoms. The number of pyridine rings is 1. The Labute approximate surface area is 214 Å². The maximum absolute atomic E-state index is 13.2. The number of rotatable bonds is 6. The lowest BCUT2D eigenvalue weighted by Crippen LogP contribution is -2.40. The number of carbonyl (C=O) groups is 2. The number of benzene rings is 2. The van der Waals surface area contributed by atoms with Crippen molar-refractivity contribution in [2.75, 3.05) is 19.1 Å². The van der Waals surface area contributed by atoms with Crippen molar-refractivity contribution in [3.05, 3.63) is 107 Å². The highest BCUT2D eigenvalue weighted by molar-refractivity contribution is 6.06. The molecule has 4 rings (SSSR count). The van der Waals surface area contributed by atoms with Gasteiger partial charge >= 0.3 is 11.9 Å². The molecule has 0 aliphatic carbocycles. The average Bonchev–Trinajstić information content (AvgIpc) is 2.93. The number of hydrogen-bond donors (Lipinski definition) is 1. The summed E-state index contributed by atoms with van der Waals surface area (Å²) in [6.07, 6.45) is 3.23. The van der Waals surface area contributed by atoms with E-state index in [1.54, 1.807) is 73.1 Å². The minimum absolute atomic E-state index is 0.00951. The molecular formula is C28H24N4O5. The Bertz CT molecular complexity index is 1440. The zero-order chi connectivity index (χ0) is 26.5. The molecule has 37 heavy (non-hydrogen) atoms. The van der Waals surface area contributed by atoms with E-state index in [2.05, 4.69) is 11.1 Å². The first-order valence-corrected chi connectivity index (χ1v) is 11.2. The molecular weight excluding hydrogens is 472 g/mol. The lowest BCUT2D eigenvalue weighted by atomic mass is 9.81. The van der Waals surface area contributed by atoms with Crippen molar-refractivity contribution in [1.82, 2.24) is 4.98 Å². The molecule has 0 bridgehead atoms. The van der Waals surface area contributed by atoms with Crippen molar-refractivity contribution >= 4 is 17.6 Å². The number of anilines is 1. The summed E-state index contributed by atoms with van der Waals surface area (Å²) in [5, 5.41) is 10.1. The SMILES string of the molecule is COC(=O)C1=C(C(=O)OC)N(c2ccc(Oc3cccnc3)c(C)c2)C(N)=C(C#N)C1c1ccccc1. The summed E-state index contributed by atoms with van der Waals surface area (Å²) in [5.74, 6) is -1.43. The number of aryl methyl sites for hydroxylation is 1. The van der Waals surface area contributed by atoms with Gasteiger partial charge in [-0.3, -0.25) is 9.88 Å². The molecule has 2 N–H and O–H groups in total. The number of carbonyl (C=O) groups excluding carboxylic acids is 2. The summed E-state index contributed by atoms with van der Waals surface area (Å²) < 4.78 is 16.0. The summed E-state index contributed by atoms with van der Waals surface area (Å²) in [4.78, 5) is 31.7. The summed E-state index contributed by atoms with van der Waals surface area (Å²) in [7, 11) is 2.41. The minimum Gasteiger partial charge on any atom is -0.466 e. The van der Waals surface area contributed by atoms with E-state index in [9.17, 15) is 14.9 Å². The zero-order valence-corrected chi connectivity index (χ0v) is 20.5. The summed E-state index contributed by atoms with van der Waals surface area (Å²) in [6, 6.07) is 19.6. The highest BCUT2D eigenvalue weighted by Crippen LogP contribution is 2.43. The second kappa shape index (κ2) is 10.7. The predicted molar refractivity (Wildman–Crippen MR) is 135 cm³/mol. The molecule has 2 aromatic carbocycles. The lowest BCUT2D eigenvalue weighted by molar-refractivity contribution is -0.139. The monoisotopic (exact) mass is 496 g/mol. The molecule has 1 atom stereocenters. The van der Waals surface area contributed by atoms with Crippen LogP contribution in [0.4, 0.5) is 5.69 Å². The molecule has 0 fully saturated rings. The van der Waals surface area contributed by atoms with Gasteiger partial charge in [0.15, 0.2) is 0 Å². The molecule has 0 saturated carbocycles. The topological polar surface area (TPSA) is 128 Å². The highest BCUT2D eigenvalue weighted by Gasteiger charge is 2.43. The van der Waals surface area contributed by atoms with Crippen LogP contribution in [0.15, 0.2) is 95.7 Å². The Hall–Kier alpha value is -5.10. The molecule has 0 amide bonds. The van der Waals surface area contributed by atoms with Crippen LogP contribution in [0.3, 0.4) is 0 Å². The van der Waals surface area contributed by atoms with E-state index in [0.717, 1.165) is 0 Å². The standard InChI is InChI=1S/C28H24N4O5/c1-17-14-19(11-12-22(17)37-20-10-7-13-31-16-20)32-25(28(34)36-3)24(27(33)35-2)23(21(15-29)26(32)30)18-8-5-4-6-9-18/h4-14,16,23H,30H2,1-3H3. The second-order valence-electron chi connectivity index (χ2n) is 8.08. The van der Waals surface area contributed by atoms with Crippen LogP contribution >= 0.6 is 0 Å². The molecule has 0 saturated heterocycles. The number of hydrogen-bond acceptors (Lipinski definition) is 9. The van der Waals surface area contributed by atoms with Crippen LogP contribution in [-0.4, -0.2) is 31.1 Å². The Balaban J connectivity index is 1.92. The van der Waals surface area contributed by atoms with Crippen LogP contribution in [0.25, 0.3) is 0 Å². The van der Waals surface area contributed by atoms with Crippen LogP contribution in [0.2, 0.25) is 0 Å². The Morgan fingerprint density at radius 3 is 2.35 bits per heavy atom. The van der Waals surface area contributed by atoms with Crippen molar-refractivity contribution in [2.45, 2.75) is 12.8 Å². The quantitative estimate of drug-likeness (QED) is 0.502. The smallest absolute Gasteiger partial charge is 0.355 e. The third-order valence-electron chi connectivity index (χ3n) is 5.89.